The van der Waals surface area contributed by atoms with Crippen LogP contribution in [0.25, 0.3) is 0 Å². The number of nitrogens with zero attached hydrogens (tertiary/aromatic N) is 1. The standard InChI is InChI=1S/C9H15NOS.ClH/c1-7-5-12-8(10-7)4-9(2,3)6-11;/h5,11H,4,6H2,1-3H3;1H. The summed E-state index contributed by atoms with van der Waals surface area (Å²) in [5.74, 6) is 0. The Balaban J connectivity index is 0.00000144. The van der Waals surface area contributed by atoms with E-state index in [1.54, 1.807) is 11.3 Å². The molecule has 1 aromatic rings. The predicted molar refractivity (Wildman–Crippen MR) is 58.7 cm³/mol. The first-order chi connectivity index (χ1) is 5.53. The zero-order chi connectivity index (χ0) is 9.19. The van der Waals surface area contributed by atoms with Gasteiger partial charge in [0.15, 0.2) is 0 Å². The molecule has 4 heteroatoms. The van der Waals surface area contributed by atoms with Crippen LogP contribution >= 0.6 is 23.7 Å². The molecule has 0 atom stereocenters. The number of halogens is 1. The molecule has 0 aliphatic carbocycles. The highest BCUT2D eigenvalue weighted by atomic mass is 35.5. The molecule has 0 spiro atoms. The molecule has 0 radical (unpaired) electrons. The Labute approximate surface area is 89.4 Å². The van der Waals surface area contributed by atoms with Crippen LogP contribution < -0.4 is 0 Å². The van der Waals surface area contributed by atoms with Gasteiger partial charge in [-0.2, -0.15) is 0 Å². The summed E-state index contributed by atoms with van der Waals surface area (Å²) in [6, 6.07) is 0. The minimum atomic E-state index is -0.0374. The zero-order valence-corrected chi connectivity index (χ0v) is 9.84. The molecule has 0 unspecified atom stereocenters. The largest absolute Gasteiger partial charge is 0.396 e. The molecule has 0 bridgehead atoms. The average molecular weight is 222 g/mol. The Bertz CT molecular complexity index is 260. The van der Waals surface area contributed by atoms with Crippen molar-refractivity contribution in [3.05, 3.63) is 16.1 Å². The van der Waals surface area contributed by atoms with Crippen LogP contribution in [0, 0.1) is 12.3 Å². The first kappa shape index (κ1) is 12.9. The van der Waals surface area contributed by atoms with E-state index in [-0.39, 0.29) is 24.4 Å². The first-order valence-corrected chi connectivity index (χ1v) is 4.93. The summed E-state index contributed by atoms with van der Waals surface area (Å²) in [5, 5.41) is 12.2. The molecule has 0 fully saturated rings. The third-order valence-electron chi connectivity index (χ3n) is 1.72. The lowest BCUT2D eigenvalue weighted by Gasteiger charge is -2.19. The Kier molecular flexibility index (Phi) is 4.89. The molecule has 0 saturated heterocycles. The smallest absolute Gasteiger partial charge is 0.0934 e. The maximum absolute atomic E-state index is 9.04. The molecular formula is C9H16ClNOS. The van der Waals surface area contributed by atoms with Gasteiger partial charge in [-0.15, -0.1) is 23.7 Å². The highest BCUT2D eigenvalue weighted by Crippen LogP contribution is 2.22. The molecule has 1 heterocycles. The van der Waals surface area contributed by atoms with Gasteiger partial charge in [0.05, 0.1) is 5.01 Å². The van der Waals surface area contributed by atoms with Gasteiger partial charge in [0, 0.05) is 24.1 Å². The van der Waals surface area contributed by atoms with E-state index in [0.29, 0.717) is 0 Å². The molecule has 0 saturated carbocycles. The fourth-order valence-electron chi connectivity index (χ4n) is 0.949. The van der Waals surface area contributed by atoms with Gasteiger partial charge in [-0.1, -0.05) is 13.8 Å². The number of rotatable bonds is 3. The van der Waals surface area contributed by atoms with E-state index in [0.717, 1.165) is 17.1 Å². The van der Waals surface area contributed by atoms with Crippen molar-refractivity contribution in [2.75, 3.05) is 6.61 Å². The van der Waals surface area contributed by atoms with E-state index in [2.05, 4.69) is 4.98 Å². The minimum Gasteiger partial charge on any atom is -0.396 e. The van der Waals surface area contributed by atoms with Gasteiger partial charge in [-0.05, 0) is 12.3 Å². The SMILES string of the molecule is Cc1csc(CC(C)(C)CO)n1.Cl. The summed E-state index contributed by atoms with van der Waals surface area (Å²) in [7, 11) is 0. The third-order valence-corrected chi connectivity index (χ3v) is 2.69. The summed E-state index contributed by atoms with van der Waals surface area (Å²) in [5.41, 5.74) is 1.04. The number of thiazole rings is 1. The number of hydrogen-bond acceptors (Lipinski definition) is 3. The summed E-state index contributed by atoms with van der Waals surface area (Å²) in [4.78, 5) is 4.35. The molecule has 1 rings (SSSR count). The van der Waals surface area contributed by atoms with E-state index >= 15 is 0 Å². The molecule has 13 heavy (non-hydrogen) atoms. The molecule has 0 aromatic carbocycles. The molecule has 1 N–H and O–H groups in total. The highest BCUT2D eigenvalue weighted by molar-refractivity contribution is 7.09. The average Bonchev–Trinajstić information content (AvgIpc) is 2.35. The van der Waals surface area contributed by atoms with Crippen molar-refractivity contribution in [2.24, 2.45) is 5.41 Å². The van der Waals surface area contributed by atoms with Crippen LogP contribution in [-0.4, -0.2) is 16.7 Å². The summed E-state index contributed by atoms with van der Waals surface area (Å²) >= 11 is 1.67. The maximum atomic E-state index is 9.04. The second-order valence-corrected chi connectivity index (χ2v) is 4.82. The number of hydrogen-bond donors (Lipinski definition) is 1. The van der Waals surface area contributed by atoms with Gasteiger partial charge in [-0.3, -0.25) is 0 Å². The van der Waals surface area contributed by atoms with Gasteiger partial charge in [0.25, 0.3) is 0 Å². The van der Waals surface area contributed by atoms with Crippen molar-refractivity contribution in [1.29, 1.82) is 0 Å². The molecule has 0 amide bonds. The van der Waals surface area contributed by atoms with Gasteiger partial charge >= 0.3 is 0 Å². The van der Waals surface area contributed by atoms with Crippen molar-refractivity contribution in [1.82, 2.24) is 4.98 Å². The van der Waals surface area contributed by atoms with Crippen LogP contribution in [0.3, 0.4) is 0 Å². The molecule has 2 nitrogen and oxygen atoms in total. The van der Waals surface area contributed by atoms with Crippen LogP contribution in [0.4, 0.5) is 0 Å². The van der Waals surface area contributed by atoms with E-state index in [9.17, 15) is 0 Å². The second kappa shape index (κ2) is 4.94. The minimum absolute atomic E-state index is 0. The van der Waals surface area contributed by atoms with Crippen molar-refractivity contribution in [3.8, 4) is 0 Å². The fraction of sp³-hybridized carbons (Fsp3) is 0.667. The number of aromatic nitrogens is 1. The lowest BCUT2D eigenvalue weighted by atomic mass is 9.91. The molecule has 0 aliphatic heterocycles. The number of aliphatic hydroxyl groups is 1. The zero-order valence-electron chi connectivity index (χ0n) is 8.20. The van der Waals surface area contributed by atoms with Crippen molar-refractivity contribution < 1.29 is 5.11 Å². The van der Waals surface area contributed by atoms with Crippen LogP contribution in [0.2, 0.25) is 0 Å². The predicted octanol–water partition coefficient (Wildman–Crippen LogP) is 2.43. The van der Waals surface area contributed by atoms with E-state index < -0.39 is 0 Å². The lowest BCUT2D eigenvalue weighted by molar-refractivity contribution is 0.159. The Morgan fingerprint density at radius 2 is 2.15 bits per heavy atom. The quantitative estimate of drug-likeness (QED) is 0.851. The third kappa shape index (κ3) is 4.07. The molecule has 0 aliphatic rings. The fourth-order valence-corrected chi connectivity index (χ4v) is 1.98. The van der Waals surface area contributed by atoms with Gasteiger partial charge in [0.2, 0.25) is 0 Å². The van der Waals surface area contributed by atoms with Crippen LogP contribution in [0.1, 0.15) is 24.5 Å². The van der Waals surface area contributed by atoms with Crippen LogP contribution in [0.5, 0.6) is 0 Å². The van der Waals surface area contributed by atoms with Crippen molar-refractivity contribution in [3.63, 3.8) is 0 Å². The number of aliphatic hydroxyl groups excluding tert-OH is 1. The topological polar surface area (TPSA) is 33.1 Å². The van der Waals surface area contributed by atoms with Gasteiger partial charge < -0.3 is 5.11 Å². The Hall–Kier alpha value is -0.120. The van der Waals surface area contributed by atoms with E-state index in [4.69, 9.17) is 5.11 Å². The van der Waals surface area contributed by atoms with Gasteiger partial charge in [0.1, 0.15) is 0 Å². The maximum Gasteiger partial charge on any atom is 0.0934 e. The summed E-state index contributed by atoms with van der Waals surface area (Å²) in [6.07, 6.45) is 0.863. The molecular weight excluding hydrogens is 206 g/mol. The van der Waals surface area contributed by atoms with E-state index in [1.807, 2.05) is 26.2 Å². The van der Waals surface area contributed by atoms with Crippen LogP contribution in [0.15, 0.2) is 5.38 Å². The monoisotopic (exact) mass is 221 g/mol. The Morgan fingerprint density at radius 3 is 2.54 bits per heavy atom. The van der Waals surface area contributed by atoms with Crippen LogP contribution in [-0.2, 0) is 6.42 Å². The molecule has 1 aromatic heterocycles. The van der Waals surface area contributed by atoms with Crippen molar-refractivity contribution in [2.45, 2.75) is 27.2 Å². The second-order valence-electron chi connectivity index (χ2n) is 3.88. The first-order valence-electron chi connectivity index (χ1n) is 4.05. The highest BCUT2D eigenvalue weighted by Gasteiger charge is 2.18. The van der Waals surface area contributed by atoms with E-state index in [1.165, 1.54) is 0 Å². The number of aryl methyl sites for hydroxylation is 1. The lowest BCUT2D eigenvalue weighted by Crippen LogP contribution is -2.19. The van der Waals surface area contributed by atoms with Gasteiger partial charge in [-0.25, -0.2) is 4.98 Å². The summed E-state index contributed by atoms with van der Waals surface area (Å²) in [6.45, 7) is 6.30. The summed E-state index contributed by atoms with van der Waals surface area (Å²) < 4.78 is 0. The Morgan fingerprint density at radius 1 is 1.54 bits per heavy atom. The molecule has 76 valence electrons. The van der Waals surface area contributed by atoms with Crippen molar-refractivity contribution >= 4 is 23.7 Å². The normalized spacial score (nSPS) is 11.1.